The van der Waals surface area contributed by atoms with Gasteiger partial charge in [0.15, 0.2) is 5.65 Å². The summed E-state index contributed by atoms with van der Waals surface area (Å²) in [4.78, 5) is 11.9. The molecule has 2 aromatic rings. The number of rotatable bonds is 2. The number of hydrogen-bond acceptors (Lipinski definition) is 5. The van der Waals surface area contributed by atoms with Gasteiger partial charge < -0.3 is 10.6 Å². The van der Waals surface area contributed by atoms with Crippen molar-refractivity contribution in [1.82, 2.24) is 19.7 Å². The zero-order valence-corrected chi connectivity index (χ0v) is 11.8. The van der Waals surface area contributed by atoms with Crippen LogP contribution in [0.25, 0.3) is 11.0 Å². The molecule has 1 aliphatic carbocycles. The van der Waals surface area contributed by atoms with Gasteiger partial charge in [-0.05, 0) is 12.8 Å². The minimum atomic E-state index is 0.270. The van der Waals surface area contributed by atoms with Gasteiger partial charge >= 0.3 is 0 Å². The maximum Gasteiger partial charge on any atom is 0.163 e. The van der Waals surface area contributed by atoms with Crippen molar-refractivity contribution in [1.29, 1.82) is 0 Å². The first-order chi connectivity index (χ1) is 9.72. The fourth-order valence-corrected chi connectivity index (χ4v) is 3.32. The van der Waals surface area contributed by atoms with E-state index in [0.29, 0.717) is 5.92 Å². The van der Waals surface area contributed by atoms with E-state index in [0.717, 1.165) is 35.8 Å². The second-order valence-electron chi connectivity index (χ2n) is 6.06. The van der Waals surface area contributed by atoms with Crippen molar-refractivity contribution in [3.05, 3.63) is 12.0 Å². The molecule has 20 heavy (non-hydrogen) atoms. The Labute approximate surface area is 118 Å². The lowest BCUT2D eigenvalue weighted by Crippen LogP contribution is -2.56. The van der Waals surface area contributed by atoms with Crippen molar-refractivity contribution in [2.75, 3.05) is 18.0 Å². The number of fused-ring (bicyclic) bond motifs is 1. The molecule has 6 heteroatoms. The molecule has 0 atom stereocenters. The topological polar surface area (TPSA) is 72.9 Å². The van der Waals surface area contributed by atoms with Crippen LogP contribution in [0, 0.1) is 0 Å². The molecule has 106 valence electrons. The number of aromatic nitrogens is 4. The van der Waals surface area contributed by atoms with Gasteiger partial charge in [-0.1, -0.05) is 12.8 Å². The molecule has 2 fully saturated rings. The largest absolute Gasteiger partial charge is 0.353 e. The summed E-state index contributed by atoms with van der Waals surface area (Å²) in [5.41, 5.74) is 6.85. The average Bonchev–Trinajstić information content (AvgIpc) is 3.05. The summed E-state index contributed by atoms with van der Waals surface area (Å²) in [5, 5.41) is 5.38. The van der Waals surface area contributed by atoms with Crippen molar-refractivity contribution in [2.45, 2.75) is 37.6 Å². The van der Waals surface area contributed by atoms with Gasteiger partial charge in [-0.15, -0.1) is 0 Å². The van der Waals surface area contributed by atoms with Crippen LogP contribution in [-0.4, -0.2) is 38.9 Å². The number of anilines is 1. The van der Waals surface area contributed by atoms with E-state index in [-0.39, 0.29) is 6.04 Å². The lowest BCUT2D eigenvalue weighted by Gasteiger charge is -2.38. The van der Waals surface area contributed by atoms with E-state index in [1.165, 1.54) is 25.7 Å². The van der Waals surface area contributed by atoms with Gasteiger partial charge in [-0.3, -0.25) is 4.68 Å². The minimum absolute atomic E-state index is 0.270. The normalized spacial score (nSPS) is 20.8. The molecule has 2 aliphatic rings. The highest BCUT2D eigenvalue weighted by Crippen LogP contribution is 2.35. The summed E-state index contributed by atoms with van der Waals surface area (Å²) in [6.07, 6.45) is 6.88. The quantitative estimate of drug-likeness (QED) is 0.888. The average molecular weight is 272 g/mol. The highest BCUT2D eigenvalue weighted by molar-refractivity contribution is 5.87. The van der Waals surface area contributed by atoms with E-state index in [1.54, 1.807) is 0 Å². The molecule has 0 aromatic carbocycles. The molecule has 3 heterocycles. The highest BCUT2D eigenvalue weighted by Gasteiger charge is 2.29. The van der Waals surface area contributed by atoms with Crippen molar-refractivity contribution in [2.24, 2.45) is 12.8 Å². The van der Waals surface area contributed by atoms with Crippen LogP contribution in [0.1, 0.15) is 37.4 Å². The summed E-state index contributed by atoms with van der Waals surface area (Å²) in [6, 6.07) is 0.270. The monoisotopic (exact) mass is 272 g/mol. The molecule has 0 bridgehead atoms. The Bertz CT molecular complexity index is 636. The molecule has 1 aliphatic heterocycles. The fraction of sp³-hybridized carbons (Fsp3) is 0.643. The first-order valence-electron chi connectivity index (χ1n) is 7.42. The summed E-state index contributed by atoms with van der Waals surface area (Å²) in [7, 11) is 1.94. The van der Waals surface area contributed by atoms with Gasteiger partial charge in [0.25, 0.3) is 0 Å². The molecule has 0 radical (unpaired) electrons. The Kier molecular flexibility index (Phi) is 2.66. The van der Waals surface area contributed by atoms with E-state index in [4.69, 9.17) is 15.7 Å². The van der Waals surface area contributed by atoms with Crippen molar-refractivity contribution >= 4 is 16.9 Å². The standard InChI is InChI=1S/C14H20N6/c1-19-13-11(6-16-19)14(20-7-10(15)8-20)18-12(17-13)9-4-2-3-5-9/h6,9-10H,2-5,7-8,15H2,1H3. The Balaban J connectivity index is 1.82. The first-order valence-corrected chi connectivity index (χ1v) is 7.42. The SMILES string of the molecule is Cn1ncc2c(N3CC(N)C3)nc(C3CCCC3)nc21. The van der Waals surface area contributed by atoms with Gasteiger partial charge in [0.05, 0.1) is 11.6 Å². The number of nitrogens with two attached hydrogens (primary N) is 1. The Morgan fingerprint density at radius 3 is 2.65 bits per heavy atom. The lowest BCUT2D eigenvalue weighted by atomic mass is 10.1. The highest BCUT2D eigenvalue weighted by atomic mass is 15.3. The van der Waals surface area contributed by atoms with Crippen molar-refractivity contribution < 1.29 is 0 Å². The van der Waals surface area contributed by atoms with Gasteiger partial charge in [-0.2, -0.15) is 5.10 Å². The number of aryl methyl sites for hydroxylation is 1. The van der Waals surface area contributed by atoms with Gasteiger partial charge in [-0.25, -0.2) is 9.97 Å². The maximum atomic E-state index is 5.91. The van der Waals surface area contributed by atoms with Crippen molar-refractivity contribution in [3.8, 4) is 0 Å². The molecule has 0 spiro atoms. The number of nitrogens with zero attached hydrogens (tertiary/aromatic N) is 5. The van der Waals surface area contributed by atoms with E-state index >= 15 is 0 Å². The van der Waals surface area contributed by atoms with Crippen molar-refractivity contribution in [3.63, 3.8) is 0 Å². The Morgan fingerprint density at radius 2 is 1.95 bits per heavy atom. The lowest BCUT2D eigenvalue weighted by molar-refractivity contribution is 0.513. The third-order valence-corrected chi connectivity index (χ3v) is 4.52. The second kappa shape index (κ2) is 4.41. The molecule has 2 N–H and O–H groups in total. The third kappa shape index (κ3) is 1.78. The fourth-order valence-electron chi connectivity index (χ4n) is 3.32. The molecule has 6 nitrogen and oxygen atoms in total. The minimum Gasteiger partial charge on any atom is -0.353 e. The van der Waals surface area contributed by atoms with Crippen LogP contribution in [0.15, 0.2) is 6.20 Å². The molecular formula is C14H20N6. The number of hydrogen-bond donors (Lipinski definition) is 1. The smallest absolute Gasteiger partial charge is 0.163 e. The van der Waals surface area contributed by atoms with E-state index in [2.05, 4.69) is 10.00 Å². The van der Waals surface area contributed by atoms with Gasteiger partial charge in [0.1, 0.15) is 11.6 Å². The molecule has 1 saturated heterocycles. The molecule has 0 unspecified atom stereocenters. The molecule has 4 rings (SSSR count). The summed E-state index contributed by atoms with van der Waals surface area (Å²) in [5.74, 6) is 2.53. The zero-order valence-electron chi connectivity index (χ0n) is 11.8. The van der Waals surface area contributed by atoms with Gasteiger partial charge in [0.2, 0.25) is 0 Å². The Hall–Kier alpha value is -1.69. The zero-order chi connectivity index (χ0) is 13.7. The van der Waals surface area contributed by atoms with Crippen LogP contribution in [0.5, 0.6) is 0 Å². The molecule has 0 amide bonds. The summed E-state index contributed by atoms with van der Waals surface area (Å²) < 4.78 is 1.85. The van der Waals surface area contributed by atoms with Gasteiger partial charge in [0, 0.05) is 32.1 Å². The van der Waals surface area contributed by atoms with Crippen LogP contribution in [0.4, 0.5) is 5.82 Å². The summed E-state index contributed by atoms with van der Waals surface area (Å²) >= 11 is 0. The van der Waals surface area contributed by atoms with Crippen LogP contribution in [-0.2, 0) is 7.05 Å². The predicted molar refractivity (Wildman–Crippen MR) is 77.7 cm³/mol. The van der Waals surface area contributed by atoms with Crippen LogP contribution < -0.4 is 10.6 Å². The molecular weight excluding hydrogens is 252 g/mol. The second-order valence-corrected chi connectivity index (χ2v) is 6.06. The maximum absolute atomic E-state index is 5.91. The Morgan fingerprint density at radius 1 is 1.20 bits per heavy atom. The molecule has 2 aromatic heterocycles. The predicted octanol–water partition coefficient (Wildman–Crippen LogP) is 1.17. The van der Waals surface area contributed by atoms with Crippen LogP contribution in [0.2, 0.25) is 0 Å². The van der Waals surface area contributed by atoms with Crippen LogP contribution in [0.3, 0.4) is 0 Å². The van der Waals surface area contributed by atoms with E-state index in [1.807, 2.05) is 17.9 Å². The van der Waals surface area contributed by atoms with E-state index in [9.17, 15) is 0 Å². The third-order valence-electron chi connectivity index (χ3n) is 4.52. The van der Waals surface area contributed by atoms with Crippen LogP contribution >= 0.6 is 0 Å². The van der Waals surface area contributed by atoms with E-state index < -0.39 is 0 Å². The first kappa shape index (κ1) is 12.1. The molecule has 1 saturated carbocycles. The summed E-state index contributed by atoms with van der Waals surface area (Å²) in [6.45, 7) is 1.76.